The molecule has 1 aromatic heterocycles. The second kappa shape index (κ2) is 7.25. The Kier molecular flexibility index (Phi) is 5.36. The first-order valence-corrected chi connectivity index (χ1v) is 7.45. The Bertz CT molecular complexity index is 513. The van der Waals surface area contributed by atoms with Crippen molar-refractivity contribution in [2.24, 2.45) is 7.05 Å². The predicted molar refractivity (Wildman–Crippen MR) is 84.0 cm³/mol. The molecule has 0 aliphatic carbocycles. The standard InChI is InChI=1S/C17H25N3/c1-4-18-13-16(15-7-5-14(2)6-8-15)9-10-17-11-12-19-20(17)3/h5-8,11-12,16,18H,4,9-10,13H2,1-3H3. The summed E-state index contributed by atoms with van der Waals surface area (Å²) in [7, 11) is 2.01. The molecule has 2 aromatic rings. The summed E-state index contributed by atoms with van der Waals surface area (Å²) in [6.45, 7) is 6.36. The molecule has 0 aliphatic heterocycles. The molecule has 0 fully saturated rings. The highest BCUT2D eigenvalue weighted by molar-refractivity contribution is 5.25. The molecule has 0 radical (unpaired) electrons. The van der Waals surface area contributed by atoms with Crippen molar-refractivity contribution in [2.75, 3.05) is 13.1 Å². The third-order valence-electron chi connectivity index (χ3n) is 3.86. The minimum Gasteiger partial charge on any atom is -0.316 e. The van der Waals surface area contributed by atoms with Gasteiger partial charge in [-0.15, -0.1) is 0 Å². The lowest BCUT2D eigenvalue weighted by Gasteiger charge is -2.18. The fourth-order valence-electron chi connectivity index (χ4n) is 2.51. The van der Waals surface area contributed by atoms with Gasteiger partial charge in [-0.3, -0.25) is 4.68 Å². The van der Waals surface area contributed by atoms with Crippen LogP contribution >= 0.6 is 0 Å². The number of benzene rings is 1. The van der Waals surface area contributed by atoms with Crippen molar-refractivity contribution in [1.82, 2.24) is 15.1 Å². The second-order valence-corrected chi connectivity index (χ2v) is 5.40. The maximum absolute atomic E-state index is 4.24. The third-order valence-corrected chi connectivity index (χ3v) is 3.86. The Balaban J connectivity index is 2.03. The molecule has 3 nitrogen and oxygen atoms in total. The van der Waals surface area contributed by atoms with E-state index in [-0.39, 0.29) is 0 Å². The van der Waals surface area contributed by atoms with Gasteiger partial charge in [0, 0.05) is 25.5 Å². The van der Waals surface area contributed by atoms with Crippen molar-refractivity contribution in [3.05, 3.63) is 53.3 Å². The zero-order valence-corrected chi connectivity index (χ0v) is 12.8. The van der Waals surface area contributed by atoms with E-state index in [0.717, 1.165) is 25.9 Å². The summed E-state index contributed by atoms with van der Waals surface area (Å²) in [4.78, 5) is 0. The van der Waals surface area contributed by atoms with Crippen LogP contribution in [0.5, 0.6) is 0 Å². The first-order chi connectivity index (χ1) is 9.70. The molecule has 0 amide bonds. The van der Waals surface area contributed by atoms with Crippen LogP contribution in [0.4, 0.5) is 0 Å². The Hall–Kier alpha value is -1.61. The van der Waals surface area contributed by atoms with E-state index < -0.39 is 0 Å². The number of likely N-dealkylation sites (N-methyl/N-ethyl adjacent to an activating group) is 1. The molecule has 108 valence electrons. The van der Waals surface area contributed by atoms with Crippen molar-refractivity contribution in [1.29, 1.82) is 0 Å². The van der Waals surface area contributed by atoms with Gasteiger partial charge >= 0.3 is 0 Å². The highest BCUT2D eigenvalue weighted by Gasteiger charge is 2.12. The fraction of sp³-hybridized carbons (Fsp3) is 0.471. The van der Waals surface area contributed by atoms with Crippen LogP contribution < -0.4 is 5.32 Å². The van der Waals surface area contributed by atoms with Crippen LogP contribution in [-0.4, -0.2) is 22.9 Å². The molecule has 1 atom stereocenters. The average molecular weight is 271 g/mol. The minimum atomic E-state index is 0.561. The maximum atomic E-state index is 4.24. The summed E-state index contributed by atoms with van der Waals surface area (Å²) < 4.78 is 1.97. The Morgan fingerprint density at radius 3 is 2.55 bits per heavy atom. The van der Waals surface area contributed by atoms with Gasteiger partial charge in [0.2, 0.25) is 0 Å². The van der Waals surface area contributed by atoms with Gasteiger partial charge in [0.05, 0.1) is 0 Å². The zero-order chi connectivity index (χ0) is 14.4. The van der Waals surface area contributed by atoms with E-state index in [4.69, 9.17) is 0 Å². The number of hydrogen-bond donors (Lipinski definition) is 1. The molecule has 0 saturated carbocycles. The summed E-state index contributed by atoms with van der Waals surface area (Å²) in [6.07, 6.45) is 4.09. The fourth-order valence-corrected chi connectivity index (χ4v) is 2.51. The predicted octanol–water partition coefficient (Wildman–Crippen LogP) is 3.05. The van der Waals surface area contributed by atoms with E-state index in [1.165, 1.54) is 16.8 Å². The van der Waals surface area contributed by atoms with Crippen LogP contribution in [0.15, 0.2) is 36.5 Å². The number of nitrogens with zero attached hydrogens (tertiary/aromatic N) is 2. The lowest BCUT2D eigenvalue weighted by molar-refractivity contribution is 0.549. The smallest absolute Gasteiger partial charge is 0.0492 e. The van der Waals surface area contributed by atoms with Gasteiger partial charge in [0.1, 0.15) is 0 Å². The second-order valence-electron chi connectivity index (χ2n) is 5.40. The molecule has 1 heterocycles. The molecule has 1 aromatic carbocycles. The number of aryl methyl sites for hydroxylation is 3. The van der Waals surface area contributed by atoms with Gasteiger partial charge in [0.25, 0.3) is 0 Å². The van der Waals surface area contributed by atoms with Gasteiger partial charge in [-0.05, 0) is 43.9 Å². The van der Waals surface area contributed by atoms with Gasteiger partial charge in [-0.25, -0.2) is 0 Å². The summed E-state index contributed by atoms with van der Waals surface area (Å²) in [5.41, 5.74) is 4.06. The molecule has 1 unspecified atom stereocenters. The van der Waals surface area contributed by atoms with E-state index in [1.807, 2.05) is 17.9 Å². The number of nitrogens with one attached hydrogen (secondary N) is 1. The Morgan fingerprint density at radius 1 is 1.20 bits per heavy atom. The summed E-state index contributed by atoms with van der Waals surface area (Å²) in [6, 6.07) is 11.1. The average Bonchev–Trinajstić information content (AvgIpc) is 2.86. The molecule has 0 aliphatic rings. The Morgan fingerprint density at radius 2 is 1.95 bits per heavy atom. The molecule has 0 saturated heterocycles. The van der Waals surface area contributed by atoms with Crippen molar-refractivity contribution >= 4 is 0 Å². The minimum absolute atomic E-state index is 0.561. The SMILES string of the molecule is CCNCC(CCc1ccnn1C)c1ccc(C)cc1. The van der Waals surface area contributed by atoms with Crippen LogP contribution in [0.25, 0.3) is 0 Å². The third kappa shape index (κ3) is 3.94. The largest absolute Gasteiger partial charge is 0.316 e. The lowest BCUT2D eigenvalue weighted by Crippen LogP contribution is -2.22. The molecular formula is C17H25N3. The summed E-state index contributed by atoms with van der Waals surface area (Å²) in [5, 5.41) is 7.73. The number of rotatable bonds is 7. The summed E-state index contributed by atoms with van der Waals surface area (Å²) >= 11 is 0. The molecule has 2 rings (SSSR count). The normalized spacial score (nSPS) is 12.6. The Labute approximate surface area is 122 Å². The van der Waals surface area contributed by atoms with Crippen molar-refractivity contribution < 1.29 is 0 Å². The van der Waals surface area contributed by atoms with Crippen LogP contribution in [-0.2, 0) is 13.5 Å². The maximum Gasteiger partial charge on any atom is 0.0492 e. The van der Waals surface area contributed by atoms with Gasteiger partial charge in [0.15, 0.2) is 0 Å². The van der Waals surface area contributed by atoms with Crippen molar-refractivity contribution in [3.8, 4) is 0 Å². The monoisotopic (exact) mass is 271 g/mol. The van der Waals surface area contributed by atoms with Crippen molar-refractivity contribution in [3.63, 3.8) is 0 Å². The van der Waals surface area contributed by atoms with Crippen LogP contribution in [0.2, 0.25) is 0 Å². The van der Waals surface area contributed by atoms with E-state index in [0.29, 0.717) is 5.92 Å². The lowest BCUT2D eigenvalue weighted by atomic mass is 9.92. The highest BCUT2D eigenvalue weighted by atomic mass is 15.2. The van der Waals surface area contributed by atoms with E-state index in [9.17, 15) is 0 Å². The van der Waals surface area contributed by atoms with Gasteiger partial charge in [-0.2, -0.15) is 5.10 Å². The van der Waals surface area contributed by atoms with E-state index in [1.54, 1.807) is 0 Å². The van der Waals surface area contributed by atoms with Crippen LogP contribution in [0.1, 0.15) is 36.1 Å². The molecule has 0 bridgehead atoms. The van der Waals surface area contributed by atoms with Crippen LogP contribution in [0.3, 0.4) is 0 Å². The van der Waals surface area contributed by atoms with Crippen molar-refractivity contribution in [2.45, 2.75) is 32.6 Å². The molecule has 0 spiro atoms. The highest BCUT2D eigenvalue weighted by Crippen LogP contribution is 2.21. The first-order valence-electron chi connectivity index (χ1n) is 7.45. The molecule has 1 N–H and O–H groups in total. The summed E-state index contributed by atoms with van der Waals surface area (Å²) in [5.74, 6) is 0.561. The quantitative estimate of drug-likeness (QED) is 0.839. The molecule has 20 heavy (non-hydrogen) atoms. The first kappa shape index (κ1) is 14.8. The van der Waals surface area contributed by atoms with Crippen LogP contribution in [0, 0.1) is 6.92 Å². The molecular weight excluding hydrogens is 246 g/mol. The number of aromatic nitrogens is 2. The topological polar surface area (TPSA) is 29.9 Å². The van der Waals surface area contributed by atoms with Gasteiger partial charge in [-0.1, -0.05) is 36.8 Å². The zero-order valence-electron chi connectivity index (χ0n) is 12.8. The van der Waals surface area contributed by atoms with E-state index >= 15 is 0 Å². The van der Waals surface area contributed by atoms with E-state index in [2.05, 4.69) is 54.6 Å². The molecule has 3 heteroatoms. The van der Waals surface area contributed by atoms with Gasteiger partial charge < -0.3 is 5.32 Å². The number of hydrogen-bond acceptors (Lipinski definition) is 2.